The molecule has 2 aromatic carbocycles. The van der Waals surface area contributed by atoms with E-state index in [9.17, 15) is 31.5 Å². The Morgan fingerprint density at radius 3 is 2.45 bits per heavy atom. The van der Waals surface area contributed by atoms with Crippen LogP contribution in [0.1, 0.15) is 15.9 Å². The number of amides is 1. The average molecular weight is 558 g/mol. The van der Waals surface area contributed by atoms with Crippen LogP contribution in [0.15, 0.2) is 71.8 Å². The Kier molecular flexibility index (Phi) is 6.61. The van der Waals surface area contributed by atoms with Crippen LogP contribution in [0.5, 0.6) is 5.75 Å². The number of aromatic nitrogens is 5. The monoisotopic (exact) mass is 558 g/mol. The van der Waals surface area contributed by atoms with Crippen LogP contribution in [0.25, 0.3) is 28.0 Å². The van der Waals surface area contributed by atoms with Gasteiger partial charge in [0.2, 0.25) is 0 Å². The number of aryl methyl sites for hydroxylation is 1. The van der Waals surface area contributed by atoms with Gasteiger partial charge in [-0.1, -0.05) is 6.07 Å². The molecule has 9 nitrogen and oxygen atoms in total. The lowest BCUT2D eigenvalue weighted by Crippen LogP contribution is -2.26. The number of benzene rings is 2. The largest absolute Gasteiger partial charge is 0.435 e. The van der Waals surface area contributed by atoms with Gasteiger partial charge in [0.05, 0.1) is 17.4 Å². The molecule has 0 bridgehead atoms. The maximum absolute atomic E-state index is 13.8. The average Bonchev–Trinajstić information content (AvgIpc) is 3.39. The van der Waals surface area contributed by atoms with E-state index in [0.717, 1.165) is 40.7 Å². The second-order valence-corrected chi connectivity index (χ2v) is 8.64. The summed E-state index contributed by atoms with van der Waals surface area (Å²) >= 11 is 0. The molecule has 0 aliphatic heterocycles. The molecule has 0 fully saturated rings. The Hall–Kier alpha value is -5.01. The number of nitrogens with zero attached hydrogens (tertiary/aromatic N) is 5. The number of fused-ring (bicyclic) bond motifs is 1. The van der Waals surface area contributed by atoms with Crippen molar-refractivity contribution >= 4 is 22.5 Å². The van der Waals surface area contributed by atoms with E-state index >= 15 is 0 Å². The molecule has 0 aliphatic rings. The Morgan fingerprint density at radius 2 is 1.77 bits per heavy atom. The summed E-state index contributed by atoms with van der Waals surface area (Å²) in [5.41, 5.74) is -1.20. The molecule has 5 aromatic rings. The highest BCUT2D eigenvalue weighted by Gasteiger charge is 2.36. The summed E-state index contributed by atoms with van der Waals surface area (Å²) in [7, 11) is 3.10. The first-order valence-corrected chi connectivity index (χ1v) is 11.6. The number of carbonyl (C=O) groups excluding carboxylic acids is 1. The van der Waals surface area contributed by atoms with Crippen molar-refractivity contribution in [2.75, 3.05) is 5.32 Å². The third-order valence-corrected chi connectivity index (χ3v) is 6.16. The Morgan fingerprint density at radius 1 is 1.05 bits per heavy atom. The standard InChI is InChI=1S/C26H19F5N6O3/c1-35-19-10-7-15(12-16(19)13-33-35)21-20(34-23(38)14-5-8-17(9-6-14)40-25(27)28)24(39)37(36(21)2)22-18(26(29,30)31)4-3-11-32-22/h3-13,25H,1-2H3,(H,34,38). The molecule has 0 aliphatic carbocycles. The summed E-state index contributed by atoms with van der Waals surface area (Å²) in [6.45, 7) is -3.06. The van der Waals surface area contributed by atoms with Crippen LogP contribution in [0, 0.1) is 0 Å². The van der Waals surface area contributed by atoms with Gasteiger partial charge in [0.15, 0.2) is 5.82 Å². The van der Waals surface area contributed by atoms with Gasteiger partial charge in [-0.05, 0) is 48.5 Å². The lowest BCUT2D eigenvalue weighted by atomic mass is 10.1. The van der Waals surface area contributed by atoms with E-state index in [1.54, 1.807) is 36.1 Å². The van der Waals surface area contributed by atoms with Crippen molar-refractivity contribution in [3.05, 3.63) is 88.5 Å². The molecule has 1 N–H and O–H groups in total. The highest BCUT2D eigenvalue weighted by atomic mass is 19.4. The summed E-state index contributed by atoms with van der Waals surface area (Å²) in [6, 6.07) is 11.6. The van der Waals surface area contributed by atoms with Gasteiger partial charge in [-0.15, -0.1) is 0 Å². The molecule has 0 saturated heterocycles. The summed E-state index contributed by atoms with van der Waals surface area (Å²) in [5, 5.41) is 7.34. The molecular weight excluding hydrogens is 539 g/mol. The van der Waals surface area contributed by atoms with Crippen LogP contribution in [0.4, 0.5) is 27.6 Å². The first-order valence-electron chi connectivity index (χ1n) is 11.6. The lowest BCUT2D eigenvalue weighted by Gasteiger charge is -2.14. The van der Waals surface area contributed by atoms with E-state index < -0.39 is 35.6 Å². The minimum absolute atomic E-state index is 0.0149. The second-order valence-electron chi connectivity index (χ2n) is 8.64. The fourth-order valence-electron chi connectivity index (χ4n) is 4.36. The van der Waals surface area contributed by atoms with Gasteiger partial charge in [0.1, 0.15) is 17.0 Å². The number of hydrogen-bond acceptors (Lipinski definition) is 5. The quantitative estimate of drug-likeness (QED) is 0.296. The van der Waals surface area contributed by atoms with E-state index in [1.807, 2.05) is 0 Å². The van der Waals surface area contributed by atoms with Crippen molar-refractivity contribution < 1.29 is 31.5 Å². The van der Waals surface area contributed by atoms with E-state index in [-0.39, 0.29) is 22.7 Å². The predicted octanol–water partition coefficient (Wildman–Crippen LogP) is 5.00. The number of halogens is 5. The van der Waals surface area contributed by atoms with Gasteiger partial charge >= 0.3 is 12.8 Å². The number of carbonyl (C=O) groups is 1. The van der Waals surface area contributed by atoms with Gasteiger partial charge in [0.25, 0.3) is 11.5 Å². The summed E-state index contributed by atoms with van der Waals surface area (Å²) in [5.74, 6) is -1.67. The first-order chi connectivity index (χ1) is 19.0. The van der Waals surface area contributed by atoms with Crippen LogP contribution in [0.2, 0.25) is 0 Å². The molecule has 0 unspecified atom stereocenters. The predicted molar refractivity (Wildman–Crippen MR) is 135 cm³/mol. The van der Waals surface area contributed by atoms with Crippen molar-refractivity contribution in [1.82, 2.24) is 24.1 Å². The van der Waals surface area contributed by atoms with Gasteiger partial charge in [-0.3, -0.25) is 19.0 Å². The molecule has 0 radical (unpaired) electrons. The van der Waals surface area contributed by atoms with Crippen molar-refractivity contribution in [3.63, 3.8) is 0 Å². The topological polar surface area (TPSA) is 96.0 Å². The Balaban J connectivity index is 1.67. The number of rotatable bonds is 6. The Labute approximate surface area is 222 Å². The van der Waals surface area contributed by atoms with Crippen LogP contribution in [-0.2, 0) is 20.3 Å². The SMILES string of the molecule is Cn1ncc2cc(-c3c(NC(=O)c4ccc(OC(F)F)cc4)c(=O)n(-c4ncccc4C(F)(F)F)n3C)ccc21. The fourth-order valence-corrected chi connectivity index (χ4v) is 4.36. The molecule has 0 spiro atoms. The van der Waals surface area contributed by atoms with Crippen molar-refractivity contribution in [2.24, 2.45) is 14.1 Å². The van der Waals surface area contributed by atoms with Crippen LogP contribution < -0.4 is 15.6 Å². The molecule has 0 atom stereocenters. The molecule has 3 aromatic heterocycles. The maximum Gasteiger partial charge on any atom is 0.420 e. The maximum atomic E-state index is 13.8. The number of anilines is 1. The highest BCUT2D eigenvalue weighted by Crippen LogP contribution is 2.35. The third-order valence-electron chi connectivity index (χ3n) is 6.16. The molecule has 3 heterocycles. The summed E-state index contributed by atoms with van der Waals surface area (Å²) in [4.78, 5) is 30.6. The molecule has 40 heavy (non-hydrogen) atoms. The molecule has 0 saturated carbocycles. The van der Waals surface area contributed by atoms with Crippen molar-refractivity contribution in [2.45, 2.75) is 12.8 Å². The summed E-state index contributed by atoms with van der Waals surface area (Å²) in [6.07, 6.45) is -2.13. The van der Waals surface area contributed by atoms with Crippen LogP contribution in [-0.4, -0.2) is 36.6 Å². The van der Waals surface area contributed by atoms with Crippen molar-refractivity contribution in [1.29, 1.82) is 0 Å². The normalized spacial score (nSPS) is 11.8. The number of pyridine rings is 1. The highest BCUT2D eigenvalue weighted by molar-refractivity contribution is 6.06. The molecule has 5 rings (SSSR count). The van der Waals surface area contributed by atoms with E-state index in [0.29, 0.717) is 10.9 Å². The van der Waals surface area contributed by atoms with Gasteiger partial charge in [-0.2, -0.15) is 31.7 Å². The zero-order valence-electron chi connectivity index (χ0n) is 20.8. The van der Waals surface area contributed by atoms with Gasteiger partial charge in [0, 0.05) is 36.8 Å². The zero-order chi connectivity index (χ0) is 28.8. The van der Waals surface area contributed by atoms with E-state index in [1.165, 1.54) is 23.9 Å². The van der Waals surface area contributed by atoms with Crippen LogP contribution in [0.3, 0.4) is 0 Å². The first kappa shape index (κ1) is 26.6. The number of alkyl halides is 5. The number of ether oxygens (including phenoxy) is 1. The fraction of sp³-hybridized carbons (Fsp3) is 0.154. The smallest absolute Gasteiger partial charge is 0.420 e. The molecular formula is C26H19F5N6O3. The van der Waals surface area contributed by atoms with Crippen LogP contribution >= 0.6 is 0 Å². The van der Waals surface area contributed by atoms with Crippen molar-refractivity contribution in [3.8, 4) is 22.8 Å². The Bertz CT molecular complexity index is 1790. The van der Waals surface area contributed by atoms with E-state index in [4.69, 9.17) is 0 Å². The molecule has 206 valence electrons. The molecule has 14 heteroatoms. The number of nitrogens with one attached hydrogen (secondary N) is 1. The van der Waals surface area contributed by atoms with E-state index in [2.05, 4.69) is 20.1 Å². The minimum atomic E-state index is -4.83. The summed E-state index contributed by atoms with van der Waals surface area (Å²) < 4.78 is 74.3. The second kappa shape index (κ2) is 9.94. The zero-order valence-corrected chi connectivity index (χ0v) is 20.8. The number of hydrogen-bond donors (Lipinski definition) is 1. The third kappa shape index (κ3) is 4.79. The van der Waals surface area contributed by atoms with Gasteiger partial charge < -0.3 is 10.1 Å². The minimum Gasteiger partial charge on any atom is -0.435 e. The lowest BCUT2D eigenvalue weighted by molar-refractivity contribution is -0.137. The van der Waals surface area contributed by atoms with Gasteiger partial charge in [-0.25, -0.2) is 4.98 Å². The molecule has 1 amide bonds.